The fourth-order valence-corrected chi connectivity index (χ4v) is 4.33. The van der Waals surface area contributed by atoms with Gasteiger partial charge in [0.25, 0.3) is 0 Å². The van der Waals surface area contributed by atoms with Crippen LogP contribution in [0.25, 0.3) is 17.1 Å². The summed E-state index contributed by atoms with van der Waals surface area (Å²) in [5.41, 5.74) is 2.19. The number of para-hydroxylation sites is 2. The molecular formula is C24H22ClN5O3S. The molecule has 0 radical (unpaired) electrons. The van der Waals surface area contributed by atoms with Crippen LogP contribution in [0.1, 0.15) is 5.76 Å². The van der Waals surface area contributed by atoms with Crippen molar-refractivity contribution in [2.45, 2.75) is 12.1 Å². The lowest BCUT2D eigenvalue weighted by molar-refractivity contribution is -0.131. The maximum absolute atomic E-state index is 12.7. The van der Waals surface area contributed by atoms with Crippen LogP contribution in [0, 0.1) is 6.92 Å². The highest BCUT2D eigenvalue weighted by molar-refractivity contribution is 7.99. The van der Waals surface area contributed by atoms with Gasteiger partial charge in [-0.1, -0.05) is 53.7 Å². The summed E-state index contributed by atoms with van der Waals surface area (Å²) in [7, 11) is 1.58. The summed E-state index contributed by atoms with van der Waals surface area (Å²) >= 11 is 7.33. The van der Waals surface area contributed by atoms with Crippen LogP contribution in [-0.2, 0) is 9.59 Å². The Kier molecular flexibility index (Phi) is 7.34. The molecule has 8 nitrogen and oxygen atoms in total. The predicted molar refractivity (Wildman–Crippen MR) is 132 cm³/mol. The van der Waals surface area contributed by atoms with E-state index in [1.54, 1.807) is 37.6 Å². The Hall–Kier alpha value is -3.56. The Bertz CT molecular complexity index is 1300. The third kappa shape index (κ3) is 5.32. The Morgan fingerprint density at radius 2 is 1.82 bits per heavy atom. The largest absolute Gasteiger partial charge is 0.469 e. The van der Waals surface area contributed by atoms with Crippen LogP contribution in [0.2, 0.25) is 5.02 Å². The van der Waals surface area contributed by atoms with Crippen molar-refractivity contribution in [3.05, 3.63) is 77.7 Å². The third-order valence-electron chi connectivity index (χ3n) is 5.03. The Morgan fingerprint density at radius 3 is 2.53 bits per heavy atom. The molecule has 0 fully saturated rings. The molecule has 2 heterocycles. The molecule has 0 atom stereocenters. The number of carbonyl (C=O) groups is 2. The quantitative estimate of drug-likeness (QED) is 0.357. The third-order valence-corrected chi connectivity index (χ3v) is 6.27. The van der Waals surface area contributed by atoms with Crippen molar-refractivity contribution in [2.24, 2.45) is 0 Å². The number of benzene rings is 2. The van der Waals surface area contributed by atoms with Gasteiger partial charge in [0.05, 0.1) is 34.8 Å². The van der Waals surface area contributed by atoms with Crippen molar-refractivity contribution in [1.29, 1.82) is 0 Å². The van der Waals surface area contributed by atoms with E-state index < -0.39 is 0 Å². The van der Waals surface area contributed by atoms with Crippen molar-refractivity contribution >= 4 is 40.9 Å². The van der Waals surface area contributed by atoms with Crippen molar-refractivity contribution in [3.8, 4) is 17.1 Å². The van der Waals surface area contributed by atoms with E-state index in [9.17, 15) is 9.59 Å². The first-order valence-corrected chi connectivity index (χ1v) is 11.8. The molecule has 0 aliphatic carbocycles. The fraction of sp³-hybridized carbons (Fsp3) is 0.167. The second-order valence-electron chi connectivity index (χ2n) is 7.43. The molecule has 0 bridgehead atoms. The molecule has 34 heavy (non-hydrogen) atoms. The minimum atomic E-state index is -0.334. The predicted octanol–water partition coefficient (Wildman–Crippen LogP) is 4.68. The van der Waals surface area contributed by atoms with Crippen LogP contribution >= 0.6 is 23.4 Å². The van der Waals surface area contributed by atoms with Crippen LogP contribution in [0.3, 0.4) is 0 Å². The molecule has 10 heteroatoms. The van der Waals surface area contributed by atoms with Crippen molar-refractivity contribution in [1.82, 2.24) is 19.7 Å². The lowest BCUT2D eigenvalue weighted by Crippen LogP contribution is -2.36. The van der Waals surface area contributed by atoms with Gasteiger partial charge in [-0.2, -0.15) is 0 Å². The highest BCUT2D eigenvalue weighted by Crippen LogP contribution is 2.30. The summed E-state index contributed by atoms with van der Waals surface area (Å²) in [4.78, 5) is 26.5. The van der Waals surface area contributed by atoms with E-state index in [-0.39, 0.29) is 24.1 Å². The standard InChI is InChI=1S/C24H22ClN5O3S/c1-16-18(12-13-33-16)23-27-28-24(30(23)17-8-4-3-5-9-17)34-15-22(32)29(2)14-21(31)26-20-11-7-6-10-19(20)25/h3-13H,14-15H2,1-2H3,(H,26,31). The number of thioether (sulfide) groups is 1. The average Bonchev–Trinajstić information content (AvgIpc) is 3.45. The average molecular weight is 496 g/mol. The number of hydrogen-bond donors (Lipinski definition) is 1. The number of amides is 2. The number of hydrogen-bond acceptors (Lipinski definition) is 6. The van der Waals surface area contributed by atoms with E-state index in [0.29, 0.717) is 21.7 Å². The van der Waals surface area contributed by atoms with Crippen LogP contribution < -0.4 is 5.32 Å². The number of anilines is 1. The number of rotatable bonds is 8. The molecule has 0 aliphatic rings. The van der Waals surface area contributed by atoms with E-state index in [1.807, 2.05) is 47.9 Å². The van der Waals surface area contributed by atoms with E-state index in [0.717, 1.165) is 17.0 Å². The van der Waals surface area contributed by atoms with Crippen molar-refractivity contribution in [2.75, 3.05) is 24.7 Å². The summed E-state index contributed by atoms with van der Waals surface area (Å²) in [6.45, 7) is 1.76. The molecule has 4 aromatic rings. The number of aryl methyl sites for hydroxylation is 1. The first kappa shape index (κ1) is 23.6. The summed E-state index contributed by atoms with van der Waals surface area (Å²) in [6.07, 6.45) is 1.60. The van der Waals surface area contributed by atoms with Crippen LogP contribution in [0.4, 0.5) is 5.69 Å². The Balaban J connectivity index is 1.45. The topological polar surface area (TPSA) is 93.3 Å². The summed E-state index contributed by atoms with van der Waals surface area (Å²) in [6, 6.07) is 18.4. The molecule has 1 N–H and O–H groups in total. The molecule has 174 valence electrons. The van der Waals surface area contributed by atoms with Gasteiger partial charge in [0, 0.05) is 12.7 Å². The SMILES string of the molecule is Cc1occc1-c1nnc(SCC(=O)N(C)CC(=O)Nc2ccccc2Cl)n1-c1ccccc1. The van der Waals surface area contributed by atoms with Gasteiger partial charge in [-0.05, 0) is 37.3 Å². The minimum Gasteiger partial charge on any atom is -0.469 e. The molecule has 0 saturated heterocycles. The lowest BCUT2D eigenvalue weighted by atomic mass is 10.2. The van der Waals surface area contributed by atoms with Gasteiger partial charge >= 0.3 is 0 Å². The zero-order valence-corrected chi connectivity index (χ0v) is 20.1. The monoisotopic (exact) mass is 495 g/mol. The normalized spacial score (nSPS) is 10.8. The van der Waals surface area contributed by atoms with Gasteiger partial charge in [-0.15, -0.1) is 10.2 Å². The molecule has 0 spiro atoms. The second kappa shape index (κ2) is 10.6. The molecule has 2 aromatic heterocycles. The lowest BCUT2D eigenvalue weighted by Gasteiger charge is -2.17. The zero-order chi connectivity index (χ0) is 24.1. The first-order chi connectivity index (χ1) is 16.4. The number of furan rings is 1. The summed E-state index contributed by atoms with van der Waals surface area (Å²) < 4.78 is 7.33. The Morgan fingerprint density at radius 1 is 1.09 bits per heavy atom. The van der Waals surface area contributed by atoms with E-state index in [1.165, 1.54) is 16.7 Å². The van der Waals surface area contributed by atoms with Crippen molar-refractivity contribution < 1.29 is 14.0 Å². The summed E-state index contributed by atoms with van der Waals surface area (Å²) in [5, 5.41) is 12.4. The number of nitrogens with zero attached hydrogens (tertiary/aromatic N) is 4. The van der Waals surface area contributed by atoms with E-state index in [4.69, 9.17) is 16.0 Å². The van der Waals surface area contributed by atoms with E-state index >= 15 is 0 Å². The van der Waals surface area contributed by atoms with Crippen LogP contribution in [0.15, 0.2) is 76.5 Å². The molecule has 0 unspecified atom stereocenters. The number of halogens is 1. The number of nitrogens with one attached hydrogen (secondary N) is 1. The fourth-order valence-electron chi connectivity index (χ4n) is 3.26. The van der Waals surface area contributed by atoms with Gasteiger partial charge in [-0.25, -0.2) is 0 Å². The second-order valence-corrected chi connectivity index (χ2v) is 8.78. The van der Waals surface area contributed by atoms with Gasteiger partial charge < -0.3 is 14.6 Å². The molecule has 0 aliphatic heterocycles. The van der Waals surface area contributed by atoms with Crippen LogP contribution in [-0.4, -0.2) is 50.8 Å². The number of carbonyl (C=O) groups excluding carboxylic acids is 2. The van der Waals surface area contributed by atoms with Gasteiger partial charge in [0.1, 0.15) is 5.76 Å². The molecule has 2 amide bonds. The van der Waals surface area contributed by atoms with Gasteiger partial charge in [0.2, 0.25) is 11.8 Å². The number of likely N-dealkylation sites (N-methyl/N-ethyl adjacent to an activating group) is 1. The van der Waals surface area contributed by atoms with Gasteiger partial charge in [0.15, 0.2) is 11.0 Å². The van der Waals surface area contributed by atoms with Gasteiger partial charge in [-0.3, -0.25) is 14.2 Å². The maximum Gasteiger partial charge on any atom is 0.244 e. The molecule has 0 saturated carbocycles. The Labute approximate surface area is 205 Å². The first-order valence-electron chi connectivity index (χ1n) is 10.4. The molecular weight excluding hydrogens is 474 g/mol. The molecule has 4 rings (SSSR count). The smallest absolute Gasteiger partial charge is 0.244 e. The van der Waals surface area contributed by atoms with Crippen LogP contribution in [0.5, 0.6) is 0 Å². The highest BCUT2D eigenvalue weighted by atomic mass is 35.5. The highest BCUT2D eigenvalue weighted by Gasteiger charge is 2.21. The van der Waals surface area contributed by atoms with Crippen molar-refractivity contribution in [3.63, 3.8) is 0 Å². The maximum atomic E-state index is 12.7. The number of aromatic nitrogens is 3. The molecule has 2 aromatic carbocycles. The minimum absolute atomic E-state index is 0.0885. The zero-order valence-electron chi connectivity index (χ0n) is 18.6. The summed E-state index contributed by atoms with van der Waals surface area (Å²) in [5.74, 6) is 0.883. The van der Waals surface area contributed by atoms with E-state index in [2.05, 4.69) is 15.5 Å².